The van der Waals surface area contributed by atoms with E-state index in [0.717, 1.165) is 0 Å². The van der Waals surface area contributed by atoms with Crippen molar-refractivity contribution in [2.45, 2.75) is 26.3 Å². The van der Waals surface area contributed by atoms with Crippen molar-refractivity contribution in [3.05, 3.63) is 33.8 Å². The SMILES string of the molecule is CCC(C)N(CC(=O)O)C(=O)c1cc(Cl)ccc1Cl. The average Bonchev–Trinajstić information content (AvgIpc) is 2.37. The van der Waals surface area contributed by atoms with Crippen LogP contribution in [0, 0.1) is 0 Å². The Labute approximate surface area is 121 Å². The van der Waals surface area contributed by atoms with E-state index in [4.69, 9.17) is 28.3 Å². The highest BCUT2D eigenvalue weighted by molar-refractivity contribution is 6.35. The molecule has 1 atom stereocenters. The Balaban J connectivity index is 3.11. The third kappa shape index (κ3) is 4.11. The molecule has 19 heavy (non-hydrogen) atoms. The van der Waals surface area contributed by atoms with Crippen molar-refractivity contribution >= 4 is 35.1 Å². The average molecular weight is 304 g/mol. The molecule has 1 rings (SSSR count). The molecule has 0 fully saturated rings. The topological polar surface area (TPSA) is 57.6 Å². The number of hydrogen-bond donors (Lipinski definition) is 1. The summed E-state index contributed by atoms with van der Waals surface area (Å²) in [5, 5.41) is 9.53. The molecule has 1 N–H and O–H groups in total. The van der Waals surface area contributed by atoms with Crippen LogP contribution in [0.4, 0.5) is 0 Å². The maximum absolute atomic E-state index is 12.4. The summed E-state index contributed by atoms with van der Waals surface area (Å²) in [6.07, 6.45) is 0.650. The second kappa shape index (κ2) is 6.78. The fourth-order valence-electron chi connectivity index (χ4n) is 1.61. The van der Waals surface area contributed by atoms with Gasteiger partial charge in [0.25, 0.3) is 5.91 Å². The van der Waals surface area contributed by atoms with Crippen LogP contribution in [0.5, 0.6) is 0 Å². The quantitative estimate of drug-likeness (QED) is 0.908. The van der Waals surface area contributed by atoms with E-state index >= 15 is 0 Å². The number of carbonyl (C=O) groups excluding carboxylic acids is 1. The van der Waals surface area contributed by atoms with Gasteiger partial charge in [-0.05, 0) is 31.5 Å². The van der Waals surface area contributed by atoms with Gasteiger partial charge in [-0.1, -0.05) is 30.1 Å². The van der Waals surface area contributed by atoms with Gasteiger partial charge in [-0.25, -0.2) is 0 Å². The Hall–Kier alpha value is -1.26. The molecular weight excluding hydrogens is 289 g/mol. The fraction of sp³-hybridized carbons (Fsp3) is 0.385. The number of carbonyl (C=O) groups is 2. The van der Waals surface area contributed by atoms with E-state index in [0.29, 0.717) is 11.4 Å². The molecule has 0 aliphatic heterocycles. The maximum Gasteiger partial charge on any atom is 0.323 e. The van der Waals surface area contributed by atoms with Crippen LogP contribution in [0.15, 0.2) is 18.2 Å². The van der Waals surface area contributed by atoms with Crippen molar-refractivity contribution < 1.29 is 14.7 Å². The Kier molecular flexibility index (Phi) is 5.63. The highest BCUT2D eigenvalue weighted by Crippen LogP contribution is 2.23. The molecule has 4 nitrogen and oxygen atoms in total. The first-order valence-corrected chi connectivity index (χ1v) is 6.60. The monoisotopic (exact) mass is 303 g/mol. The van der Waals surface area contributed by atoms with Crippen molar-refractivity contribution in [3.63, 3.8) is 0 Å². The summed E-state index contributed by atoms with van der Waals surface area (Å²) in [4.78, 5) is 24.5. The first kappa shape index (κ1) is 15.8. The van der Waals surface area contributed by atoms with Crippen LogP contribution in [-0.2, 0) is 4.79 Å². The van der Waals surface area contributed by atoms with Gasteiger partial charge in [0.1, 0.15) is 6.54 Å². The predicted molar refractivity (Wildman–Crippen MR) is 74.9 cm³/mol. The summed E-state index contributed by atoms with van der Waals surface area (Å²) in [5.74, 6) is -1.49. The lowest BCUT2D eigenvalue weighted by Crippen LogP contribution is -2.41. The minimum absolute atomic E-state index is 0.196. The molecule has 1 aromatic rings. The molecule has 1 amide bonds. The standard InChI is InChI=1S/C13H15Cl2NO3/c1-3-8(2)16(7-12(17)18)13(19)10-6-9(14)4-5-11(10)15/h4-6,8H,3,7H2,1-2H3,(H,17,18). The Morgan fingerprint density at radius 2 is 2.00 bits per heavy atom. The van der Waals surface area contributed by atoms with Gasteiger partial charge in [0, 0.05) is 11.1 Å². The summed E-state index contributed by atoms with van der Waals surface area (Å²) in [5.41, 5.74) is 0.218. The zero-order valence-corrected chi connectivity index (χ0v) is 12.2. The minimum Gasteiger partial charge on any atom is -0.480 e. The third-order valence-corrected chi connectivity index (χ3v) is 3.41. The normalized spacial score (nSPS) is 12.0. The van der Waals surface area contributed by atoms with Crippen molar-refractivity contribution in [2.75, 3.05) is 6.54 Å². The number of rotatable bonds is 5. The number of amides is 1. The number of nitrogens with zero attached hydrogens (tertiary/aromatic N) is 1. The zero-order valence-electron chi connectivity index (χ0n) is 10.7. The van der Waals surface area contributed by atoms with Gasteiger partial charge in [-0.15, -0.1) is 0 Å². The van der Waals surface area contributed by atoms with E-state index in [1.807, 2.05) is 6.92 Å². The summed E-state index contributed by atoms with van der Waals surface area (Å²) >= 11 is 11.8. The second-order valence-corrected chi connectivity index (χ2v) is 5.05. The molecule has 0 saturated carbocycles. The molecule has 0 heterocycles. The molecule has 104 valence electrons. The fourth-order valence-corrected chi connectivity index (χ4v) is 1.98. The summed E-state index contributed by atoms with van der Waals surface area (Å²) < 4.78 is 0. The van der Waals surface area contributed by atoms with E-state index in [1.165, 1.54) is 17.0 Å². The molecule has 0 radical (unpaired) electrons. The summed E-state index contributed by atoms with van der Waals surface area (Å²) in [6, 6.07) is 4.35. The van der Waals surface area contributed by atoms with E-state index in [1.54, 1.807) is 13.0 Å². The summed E-state index contributed by atoms with van der Waals surface area (Å²) in [7, 11) is 0. The van der Waals surface area contributed by atoms with Crippen molar-refractivity contribution in [3.8, 4) is 0 Å². The van der Waals surface area contributed by atoms with Gasteiger partial charge >= 0.3 is 5.97 Å². The largest absolute Gasteiger partial charge is 0.480 e. The van der Waals surface area contributed by atoms with Gasteiger partial charge in [0.15, 0.2) is 0 Å². The number of carboxylic acids is 1. The van der Waals surface area contributed by atoms with Crippen LogP contribution < -0.4 is 0 Å². The molecule has 0 aromatic heterocycles. The molecule has 1 unspecified atom stereocenters. The van der Waals surface area contributed by atoms with Crippen molar-refractivity contribution in [1.82, 2.24) is 4.90 Å². The van der Waals surface area contributed by atoms with E-state index in [9.17, 15) is 9.59 Å². The first-order chi connectivity index (χ1) is 8.86. The Morgan fingerprint density at radius 1 is 1.37 bits per heavy atom. The van der Waals surface area contributed by atoms with Gasteiger partial charge < -0.3 is 10.0 Å². The van der Waals surface area contributed by atoms with Crippen LogP contribution in [0.1, 0.15) is 30.6 Å². The van der Waals surface area contributed by atoms with Crippen molar-refractivity contribution in [1.29, 1.82) is 0 Å². The lowest BCUT2D eigenvalue weighted by Gasteiger charge is -2.27. The molecule has 0 aliphatic rings. The van der Waals surface area contributed by atoms with Crippen molar-refractivity contribution in [2.24, 2.45) is 0 Å². The van der Waals surface area contributed by atoms with Gasteiger partial charge in [0.05, 0.1) is 10.6 Å². The van der Waals surface area contributed by atoms with E-state index in [2.05, 4.69) is 0 Å². The van der Waals surface area contributed by atoms with Crippen LogP contribution >= 0.6 is 23.2 Å². The first-order valence-electron chi connectivity index (χ1n) is 5.84. The lowest BCUT2D eigenvalue weighted by molar-refractivity contribution is -0.138. The van der Waals surface area contributed by atoms with Gasteiger partial charge in [0.2, 0.25) is 0 Å². The lowest BCUT2D eigenvalue weighted by atomic mass is 10.1. The number of carboxylic acid groups (broad SMARTS) is 1. The van der Waals surface area contributed by atoms with Crippen LogP contribution in [0.25, 0.3) is 0 Å². The molecule has 0 spiro atoms. The number of aliphatic carboxylic acids is 1. The van der Waals surface area contributed by atoms with E-state index in [-0.39, 0.29) is 23.2 Å². The molecule has 0 aliphatic carbocycles. The van der Waals surface area contributed by atoms with Crippen LogP contribution in [-0.4, -0.2) is 34.5 Å². The Bertz CT molecular complexity index is 491. The number of benzene rings is 1. The Morgan fingerprint density at radius 3 is 2.53 bits per heavy atom. The second-order valence-electron chi connectivity index (χ2n) is 4.21. The van der Waals surface area contributed by atoms with Crippen LogP contribution in [0.2, 0.25) is 10.0 Å². The molecule has 1 aromatic carbocycles. The predicted octanol–water partition coefficient (Wildman–Crippen LogP) is 3.32. The summed E-state index contributed by atoms with van der Waals surface area (Å²) in [6.45, 7) is 3.31. The molecule has 0 bridgehead atoms. The molecular formula is C13H15Cl2NO3. The molecule has 0 saturated heterocycles. The van der Waals surface area contributed by atoms with Gasteiger partial charge in [-0.3, -0.25) is 9.59 Å². The number of halogens is 2. The molecule has 6 heteroatoms. The zero-order chi connectivity index (χ0) is 14.6. The number of hydrogen-bond acceptors (Lipinski definition) is 2. The third-order valence-electron chi connectivity index (χ3n) is 2.85. The smallest absolute Gasteiger partial charge is 0.323 e. The van der Waals surface area contributed by atoms with Crippen LogP contribution in [0.3, 0.4) is 0 Å². The maximum atomic E-state index is 12.4. The minimum atomic E-state index is -1.06. The van der Waals surface area contributed by atoms with E-state index < -0.39 is 11.9 Å². The highest BCUT2D eigenvalue weighted by atomic mass is 35.5. The highest BCUT2D eigenvalue weighted by Gasteiger charge is 2.24. The van der Waals surface area contributed by atoms with Gasteiger partial charge in [-0.2, -0.15) is 0 Å².